The Morgan fingerprint density at radius 1 is 1.28 bits per heavy atom. The van der Waals surface area contributed by atoms with Crippen molar-refractivity contribution in [2.75, 3.05) is 5.32 Å². The van der Waals surface area contributed by atoms with Gasteiger partial charge in [0.05, 0.1) is 0 Å². The van der Waals surface area contributed by atoms with Gasteiger partial charge in [-0.3, -0.25) is 4.79 Å². The summed E-state index contributed by atoms with van der Waals surface area (Å²) in [6, 6.07) is 8.04. The van der Waals surface area contributed by atoms with Crippen molar-refractivity contribution >= 4 is 11.7 Å². The van der Waals surface area contributed by atoms with Gasteiger partial charge in [-0.25, -0.2) is 13.8 Å². The highest BCUT2D eigenvalue weighted by atomic mass is 19.1. The Labute approximate surface area is 188 Å². The van der Waals surface area contributed by atoms with Gasteiger partial charge in [-0.2, -0.15) is 0 Å². The van der Waals surface area contributed by atoms with E-state index in [2.05, 4.69) is 29.9 Å². The van der Waals surface area contributed by atoms with Gasteiger partial charge in [0.2, 0.25) is 5.91 Å². The Morgan fingerprint density at radius 2 is 2.12 bits per heavy atom. The SMILES string of the molecule is C=C1C[C@@H](CCC(=O)Nc2cc(F)ccn2)C2C3CCc4c(F)cccc4C3CC[C@]12C. The fraction of sp³-hybridized carbons (Fsp3) is 0.481. The van der Waals surface area contributed by atoms with Crippen molar-refractivity contribution in [2.45, 2.75) is 57.8 Å². The normalized spacial score (nSPS) is 30.9. The maximum Gasteiger partial charge on any atom is 0.225 e. The molecule has 0 saturated heterocycles. The molecule has 5 atom stereocenters. The number of allylic oxidation sites excluding steroid dienone is 1. The quantitative estimate of drug-likeness (QED) is 0.562. The molecule has 3 nitrogen and oxygen atoms in total. The lowest BCUT2D eigenvalue weighted by Crippen LogP contribution is -2.42. The van der Waals surface area contributed by atoms with Crippen molar-refractivity contribution in [3.05, 3.63) is 71.4 Å². The van der Waals surface area contributed by atoms with Crippen molar-refractivity contribution in [1.29, 1.82) is 0 Å². The van der Waals surface area contributed by atoms with Gasteiger partial charge >= 0.3 is 0 Å². The summed E-state index contributed by atoms with van der Waals surface area (Å²) in [5, 5.41) is 2.72. The smallest absolute Gasteiger partial charge is 0.225 e. The fourth-order valence-electron chi connectivity index (χ4n) is 7.06. The monoisotopic (exact) mass is 436 g/mol. The van der Waals surface area contributed by atoms with Crippen molar-refractivity contribution in [3.8, 4) is 0 Å². The summed E-state index contributed by atoms with van der Waals surface area (Å²) in [7, 11) is 0. The first-order valence-electron chi connectivity index (χ1n) is 11.7. The predicted molar refractivity (Wildman–Crippen MR) is 121 cm³/mol. The lowest BCUT2D eigenvalue weighted by atomic mass is 9.53. The molecule has 2 fully saturated rings. The van der Waals surface area contributed by atoms with Crippen LogP contribution in [0.15, 0.2) is 48.7 Å². The van der Waals surface area contributed by atoms with Gasteiger partial charge in [-0.1, -0.05) is 31.2 Å². The Bertz CT molecular complexity index is 1070. The van der Waals surface area contributed by atoms with Crippen LogP contribution in [0.2, 0.25) is 0 Å². The molecule has 0 aliphatic heterocycles. The van der Waals surface area contributed by atoms with Crippen molar-refractivity contribution in [1.82, 2.24) is 4.98 Å². The van der Waals surface area contributed by atoms with Crippen LogP contribution in [0.25, 0.3) is 0 Å². The molecule has 2 aromatic rings. The molecule has 1 heterocycles. The molecule has 0 bridgehead atoms. The van der Waals surface area contributed by atoms with E-state index in [1.807, 2.05) is 6.07 Å². The van der Waals surface area contributed by atoms with Crippen LogP contribution < -0.4 is 5.32 Å². The third kappa shape index (κ3) is 3.56. The minimum absolute atomic E-state index is 0.0655. The summed E-state index contributed by atoms with van der Waals surface area (Å²) in [6.07, 6.45) is 7.40. The Hall–Kier alpha value is -2.56. The second kappa shape index (κ2) is 8.09. The van der Waals surface area contributed by atoms with Gasteiger partial charge in [0.15, 0.2) is 0 Å². The molecule has 5 rings (SSSR count). The highest BCUT2D eigenvalue weighted by Gasteiger charge is 2.55. The second-order valence-corrected chi connectivity index (χ2v) is 10.1. The number of nitrogens with one attached hydrogen (secondary N) is 1. The van der Waals surface area contributed by atoms with Crippen LogP contribution in [0.3, 0.4) is 0 Å². The van der Waals surface area contributed by atoms with Crippen LogP contribution in [-0.4, -0.2) is 10.9 Å². The Morgan fingerprint density at radius 3 is 2.94 bits per heavy atom. The summed E-state index contributed by atoms with van der Waals surface area (Å²) in [4.78, 5) is 16.6. The molecule has 5 heteroatoms. The van der Waals surface area contributed by atoms with E-state index in [9.17, 15) is 13.6 Å². The lowest BCUT2D eigenvalue weighted by Gasteiger charge is -2.51. The zero-order chi connectivity index (χ0) is 22.5. The standard InChI is InChI=1S/C27H30F2N2O/c1-16-14-17(6-9-25(32)31-24-15-18(28)11-13-30-24)26-22-8-7-21-19(4-3-5-23(21)29)20(22)10-12-27(16,26)2/h3-5,11,13,15,17,20,22,26H,1,6-10,12,14H2,2H3,(H,30,31,32)/t17-,20?,22?,26?,27-/m1/s1. The molecule has 168 valence electrons. The van der Waals surface area contributed by atoms with Gasteiger partial charge in [0.25, 0.3) is 0 Å². The van der Waals surface area contributed by atoms with Crippen LogP contribution in [0.1, 0.15) is 62.5 Å². The number of rotatable bonds is 4. The van der Waals surface area contributed by atoms with Crippen LogP contribution in [0, 0.1) is 34.8 Å². The summed E-state index contributed by atoms with van der Waals surface area (Å²) >= 11 is 0. The summed E-state index contributed by atoms with van der Waals surface area (Å²) in [6.45, 7) is 6.80. The Kier molecular flexibility index (Phi) is 5.39. The topological polar surface area (TPSA) is 42.0 Å². The number of benzene rings is 1. The molecule has 3 aliphatic rings. The van der Waals surface area contributed by atoms with E-state index < -0.39 is 5.82 Å². The number of anilines is 1. The highest BCUT2D eigenvalue weighted by molar-refractivity contribution is 5.89. The molecule has 0 spiro atoms. The Balaban J connectivity index is 1.33. The predicted octanol–water partition coefficient (Wildman–Crippen LogP) is 6.42. The molecule has 1 N–H and O–H groups in total. The average molecular weight is 437 g/mol. The number of nitrogens with zero attached hydrogens (tertiary/aromatic N) is 1. The van der Waals surface area contributed by atoms with Crippen LogP contribution >= 0.6 is 0 Å². The maximum atomic E-state index is 14.4. The first kappa shape index (κ1) is 21.3. The van der Waals surface area contributed by atoms with E-state index in [4.69, 9.17) is 0 Å². The van der Waals surface area contributed by atoms with Gasteiger partial charge in [0.1, 0.15) is 17.5 Å². The number of amides is 1. The molecule has 0 radical (unpaired) electrons. The largest absolute Gasteiger partial charge is 0.311 e. The van der Waals surface area contributed by atoms with E-state index in [1.54, 1.807) is 6.07 Å². The third-order valence-electron chi connectivity index (χ3n) is 8.53. The van der Waals surface area contributed by atoms with Crippen molar-refractivity contribution < 1.29 is 13.6 Å². The highest BCUT2D eigenvalue weighted by Crippen LogP contribution is 2.65. The van der Waals surface area contributed by atoms with Gasteiger partial charge in [0, 0.05) is 18.7 Å². The summed E-state index contributed by atoms with van der Waals surface area (Å²) in [5.41, 5.74) is 3.52. The molecule has 2 saturated carbocycles. The van der Waals surface area contributed by atoms with Crippen LogP contribution in [0.5, 0.6) is 0 Å². The zero-order valence-corrected chi connectivity index (χ0v) is 18.5. The first-order chi connectivity index (χ1) is 15.4. The lowest BCUT2D eigenvalue weighted by molar-refractivity contribution is -0.116. The number of hydrogen-bond donors (Lipinski definition) is 1. The summed E-state index contributed by atoms with van der Waals surface area (Å²) < 4.78 is 27.8. The minimum Gasteiger partial charge on any atom is -0.311 e. The van der Waals surface area contributed by atoms with Crippen molar-refractivity contribution in [2.24, 2.45) is 23.2 Å². The van der Waals surface area contributed by atoms with E-state index in [0.29, 0.717) is 30.1 Å². The number of halogens is 2. The first-order valence-corrected chi connectivity index (χ1v) is 11.7. The van der Waals surface area contributed by atoms with Crippen molar-refractivity contribution in [3.63, 3.8) is 0 Å². The number of pyridine rings is 1. The number of hydrogen-bond acceptors (Lipinski definition) is 2. The van der Waals surface area contributed by atoms with Gasteiger partial charge < -0.3 is 5.32 Å². The van der Waals surface area contributed by atoms with Crippen LogP contribution in [-0.2, 0) is 11.2 Å². The summed E-state index contributed by atoms with van der Waals surface area (Å²) in [5.74, 6) is 1.38. The fourth-order valence-corrected chi connectivity index (χ4v) is 7.06. The van der Waals surface area contributed by atoms with Gasteiger partial charge in [-0.15, -0.1) is 0 Å². The minimum atomic E-state index is -0.416. The molecule has 1 amide bonds. The number of carbonyl (C=O) groups excluding carboxylic acids is 1. The molecular weight excluding hydrogens is 406 g/mol. The molecule has 3 aliphatic carbocycles. The molecule has 1 aromatic heterocycles. The molecule has 32 heavy (non-hydrogen) atoms. The maximum absolute atomic E-state index is 14.4. The van der Waals surface area contributed by atoms with Gasteiger partial charge in [-0.05, 0) is 90.9 Å². The van der Waals surface area contributed by atoms with Crippen LogP contribution in [0.4, 0.5) is 14.6 Å². The molecular formula is C27H30F2N2O. The molecule has 3 unspecified atom stereocenters. The van der Waals surface area contributed by atoms with E-state index in [0.717, 1.165) is 44.1 Å². The second-order valence-electron chi connectivity index (χ2n) is 10.1. The van der Waals surface area contributed by atoms with E-state index in [1.165, 1.54) is 29.5 Å². The number of aromatic nitrogens is 1. The number of fused-ring (bicyclic) bond motifs is 5. The van der Waals surface area contributed by atoms with E-state index in [-0.39, 0.29) is 23.0 Å². The average Bonchev–Trinajstić information content (AvgIpc) is 3.02. The third-order valence-corrected chi connectivity index (χ3v) is 8.53. The van der Waals surface area contributed by atoms with E-state index >= 15 is 0 Å². The number of carbonyl (C=O) groups is 1. The molecule has 1 aromatic carbocycles. The zero-order valence-electron chi connectivity index (χ0n) is 18.5.